The van der Waals surface area contributed by atoms with E-state index >= 15 is 0 Å². The van der Waals surface area contributed by atoms with Crippen molar-refractivity contribution in [2.75, 3.05) is 0 Å². The number of unbranched alkanes of at least 4 members (excludes halogenated alkanes) is 11. The van der Waals surface area contributed by atoms with Gasteiger partial charge in [0, 0.05) is 6.42 Å². The molecule has 0 aromatic heterocycles. The molecule has 1 rings (SSSR count). The van der Waals surface area contributed by atoms with Crippen molar-refractivity contribution in [2.24, 2.45) is 11.8 Å². The maximum atomic E-state index is 12.9. The van der Waals surface area contributed by atoms with Gasteiger partial charge in [0.15, 0.2) is 0 Å². The van der Waals surface area contributed by atoms with Gasteiger partial charge in [-0.25, -0.2) is 4.79 Å². The molecule has 35 heavy (non-hydrogen) atoms. The summed E-state index contributed by atoms with van der Waals surface area (Å²) in [6, 6.07) is -0.679. The van der Waals surface area contributed by atoms with Crippen molar-refractivity contribution in [3.63, 3.8) is 0 Å². The van der Waals surface area contributed by atoms with Gasteiger partial charge in [0.25, 0.3) is 0 Å². The van der Waals surface area contributed by atoms with Crippen LogP contribution in [0.25, 0.3) is 0 Å². The fourth-order valence-corrected chi connectivity index (χ4v) is 4.98. The molecule has 1 aliphatic rings. The summed E-state index contributed by atoms with van der Waals surface area (Å²) < 4.78 is 11.7. The molecular weight excluding hydrogens is 442 g/mol. The molecule has 0 bridgehead atoms. The molecule has 0 radical (unpaired) electrons. The number of carbonyl (C=O) groups is 3. The van der Waals surface area contributed by atoms with Crippen LogP contribution in [0.2, 0.25) is 0 Å². The maximum absolute atomic E-state index is 12.9. The van der Waals surface area contributed by atoms with Crippen molar-refractivity contribution in [1.82, 2.24) is 5.32 Å². The molecule has 1 fully saturated rings. The number of hydrogen-bond donors (Lipinski definition) is 1. The molecule has 4 atom stereocenters. The molecule has 6 heteroatoms. The standard InChI is InChI=1S/C29H53NO5/c1-5-7-9-11-12-13-14-15-16-18-24-21-27(25(28(32)34-24)19-17-10-8-6-2)35-29(33)26(30-22-31)20-23(3)4/h22-27H,5-21H2,1-4H3,(H,30,31)/t24-,25-,26-,27+/m0/s1. The molecule has 1 amide bonds. The average Bonchev–Trinajstić information content (AvgIpc) is 2.81. The lowest BCUT2D eigenvalue weighted by Crippen LogP contribution is -2.47. The smallest absolute Gasteiger partial charge is 0.328 e. The van der Waals surface area contributed by atoms with Crippen molar-refractivity contribution in [3.8, 4) is 0 Å². The Balaban J connectivity index is 2.61. The van der Waals surface area contributed by atoms with E-state index < -0.39 is 24.0 Å². The van der Waals surface area contributed by atoms with Crippen LogP contribution in [0.15, 0.2) is 0 Å². The van der Waals surface area contributed by atoms with Gasteiger partial charge in [-0.05, 0) is 31.6 Å². The molecule has 1 N–H and O–H groups in total. The summed E-state index contributed by atoms with van der Waals surface area (Å²) in [5.41, 5.74) is 0. The van der Waals surface area contributed by atoms with Gasteiger partial charge in [0.05, 0.1) is 5.92 Å². The van der Waals surface area contributed by atoms with Gasteiger partial charge in [-0.3, -0.25) is 9.59 Å². The summed E-state index contributed by atoms with van der Waals surface area (Å²) in [4.78, 5) is 36.8. The molecule has 0 aromatic rings. The molecule has 0 aromatic carbocycles. The van der Waals surface area contributed by atoms with Crippen molar-refractivity contribution >= 4 is 18.3 Å². The van der Waals surface area contributed by atoms with Gasteiger partial charge in [0.2, 0.25) is 6.41 Å². The second-order valence-electron chi connectivity index (χ2n) is 10.8. The Bertz CT molecular complexity index is 579. The van der Waals surface area contributed by atoms with E-state index in [2.05, 4.69) is 19.2 Å². The van der Waals surface area contributed by atoms with Crippen molar-refractivity contribution < 1.29 is 23.9 Å². The number of cyclic esters (lactones) is 1. The van der Waals surface area contributed by atoms with Gasteiger partial charge < -0.3 is 14.8 Å². The van der Waals surface area contributed by atoms with Crippen LogP contribution in [0.3, 0.4) is 0 Å². The minimum Gasteiger partial charge on any atom is -0.462 e. The molecule has 1 saturated heterocycles. The van der Waals surface area contributed by atoms with Crippen LogP contribution in [0.1, 0.15) is 137 Å². The lowest BCUT2D eigenvalue weighted by atomic mass is 9.87. The molecule has 204 valence electrons. The monoisotopic (exact) mass is 495 g/mol. The first-order chi connectivity index (χ1) is 16.9. The Morgan fingerprint density at radius 1 is 0.943 bits per heavy atom. The fraction of sp³-hybridized carbons (Fsp3) is 0.897. The van der Waals surface area contributed by atoms with E-state index in [0.29, 0.717) is 25.7 Å². The maximum Gasteiger partial charge on any atom is 0.328 e. The van der Waals surface area contributed by atoms with E-state index in [9.17, 15) is 14.4 Å². The van der Waals surface area contributed by atoms with E-state index in [1.807, 2.05) is 13.8 Å². The third kappa shape index (κ3) is 13.9. The van der Waals surface area contributed by atoms with E-state index in [4.69, 9.17) is 9.47 Å². The Morgan fingerprint density at radius 3 is 2.06 bits per heavy atom. The predicted molar refractivity (Wildman–Crippen MR) is 141 cm³/mol. The van der Waals surface area contributed by atoms with E-state index in [0.717, 1.165) is 44.9 Å². The van der Waals surface area contributed by atoms with Gasteiger partial charge in [-0.15, -0.1) is 0 Å². The van der Waals surface area contributed by atoms with E-state index in [1.165, 1.54) is 44.9 Å². The van der Waals surface area contributed by atoms with E-state index in [1.54, 1.807) is 0 Å². The second-order valence-corrected chi connectivity index (χ2v) is 10.8. The summed E-state index contributed by atoms with van der Waals surface area (Å²) in [5, 5.41) is 2.60. The SMILES string of the molecule is CCCCCCCCCCC[C@H]1C[C@@H](OC(=O)[C@H](CC(C)C)NC=O)[C@H](CCCCCC)C(=O)O1. The first kappa shape index (κ1) is 31.4. The number of rotatable bonds is 21. The van der Waals surface area contributed by atoms with Gasteiger partial charge in [-0.1, -0.05) is 105 Å². The van der Waals surface area contributed by atoms with Crippen LogP contribution in [-0.2, 0) is 23.9 Å². The quantitative estimate of drug-likeness (QED) is 0.107. The Kier molecular flexibility index (Phi) is 17.6. The summed E-state index contributed by atoms with van der Waals surface area (Å²) >= 11 is 0. The number of carbonyl (C=O) groups excluding carboxylic acids is 3. The van der Waals surface area contributed by atoms with Gasteiger partial charge in [0.1, 0.15) is 18.2 Å². The molecule has 1 aliphatic heterocycles. The predicted octanol–water partition coefficient (Wildman–Crippen LogP) is 6.88. The first-order valence-corrected chi connectivity index (χ1v) is 14.5. The van der Waals surface area contributed by atoms with Crippen molar-refractivity contribution in [3.05, 3.63) is 0 Å². The highest BCUT2D eigenvalue weighted by Crippen LogP contribution is 2.31. The third-order valence-corrected chi connectivity index (χ3v) is 7.06. The number of ether oxygens (including phenoxy) is 2. The fourth-order valence-electron chi connectivity index (χ4n) is 4.98. The number of hydrogen-bond acceptors (Lipinski definition) is 5. The van der Waals surface area contributed by atoms with Crippen LogP contribution in [-0.4, -0.2) is 36.6 Å². The minimum atomic E-state index is -0.679. The normalized spacial score (nSPS) is 20.9. The summed E-state index contributed by atoms with van der Waals surface area (Å²) in [6.45, 7) is 8.40. The number of amides is 1. The van der Waals surface area contributed by atoms with Gasteiger partial charge >= 0.3 is 11.9 Å². The summed E-state index contributed by atoms with van der Waals surface area (Å²) in [6.07, 6.45) is 18.0. The molecule has 1 heterocycles. The summed E-state index contributed by atoms with van der Waals surface area (Å²) in [7, 11) is 0. The van der Waals surface area contributed by atoms with Crippen LogP contribution in [0.4, 0.5) is 0 Å². The van der Waals surface area contributed by atoms with Crippen molar-refractivity contribution in [2.45, 2.75) is 155 Å². The van der Waals surface area contributed by atoms with Crippen LogP contribution in [0, 0.1) is 11.8 Å². The highest BCUT2D eigenvalue weighted by molar-refractivity contribution is 5.79. The highest BCUT2D eigenvalue weighted by Gasteiger charge is 2.41. The zero-order chi connectivity index (χ0) is 25.9. The Hall–Kier alpha value is -1.59. The minimum absolute atomic E-state index is 0.195. The van der Waals surface area contributed by atoms with Crippen LogP contribution >= 0.6 is 0 Å². The Labute approximate surface area is 214 Å². The molecule has 0 aliphatic carbocycles. The molecule has 0 spiro atoms. The molecule has 6 nitrogen and oxygen atoms in total. The topological polar surface area (TPSA) is 81.7 Å². The number of esters is 2. The lowest BCUT2D eigenvalue weighted by Gasteiger charge is -2.35. The highest BCUT2D eigenvalue weighted by atomic mass is 16.6. The number of nitrogens with one attached hydrogen (secondary N) is 1. The summed E-state index contributed by atoms with van der Waals surface area (Å²) in [5.74, 6) is -0.840. The molecular formula is C29H53NO5. The Morgan fingerprint density at radius 2 is 1.49 bits per heavy atom. The van der Waals surface area contributed by atoms with Gasteiger partial charge in [-0.2, -0.15) is 0 Å². The average molecular weight is 496 g/mol. The molecule has 0 saturated carbocycles. The van der Waals surface area contributed by atoms with Crippen LogP contribution < -0.4 is 5.32 Å². The zero-order valence-corrected chi connectivity index (χ0v) is 23.0. The zero-order valence-electron chi connectivity index (χ0n) is 23.0. The third-order valence-electron chi connectivity index (χ3n) is 7.06. The van der Waals surface area contributed by atoms with Crippen LogP contribution in [0.5, 0.6) is 0 Å². The lowest BCUT2D eigenvalue weighted by molar-refractivity contribution is -0.181. The second kappa shape index (κ2) is 19.6. The largest absolute Gasteiger partial charge is 0.462 e. The first-order valence-electron chi connectivity index (χ1n) is 14.5. The van der Waals surface area contributed by atoms with Crippen molar-refractivity contribution in [1.29, 1.82) is 0 Å². The van der Waals surface area contributed by atoms with E-state index in [-0.39, 0.29) is 18.0 Å². The molecule has 0 unspecified atom stereocenters.